The summed E-state index contributed by atoms with van der Waals surface area (Å²) in [6, 6.07) is 19.1. The lowest BCUT2D eigenvalue weighted by atomic mass is 10.2. The van der Waals surface area contributed by atoms with Gasteiger partial charge in [-0.25, -0.2) is 4.79 Å². The van der Waals surface area contributed by atoms with Gasteiger partial charge >= 0.3 is 13.3 Å². The van der Waals surface area contributed by atoms with E-state index >= 15 is 0 Å². The van der Waals surface area contributed by atoms with E-state index in [4.69, 9.17) is 13.8 Å². The average Bonchev–Trinajstić information content (AvgIpc) is 2.91. The first-order chi connectivity index (χ1) is 18.4. The topological polar surface area (TPSA) is 106 Å². The van der Waals surface area contributed by atoms with Crippen LogP contribution in [0.1, 0.15) is 29.8 Å². The Morgan fingerprint density at radius 2 is 1.58 bits per heavy atom. The summed E-state index contributed by atoms with van der Waals surface area (Å²) in [5, 5.41) is 0. The zero-order valence-electron chi connectivity index (χ0n) is 21.6. The van der Waals surface area contributed by atoms with Crippen molar-refractivity contribution in [1.29, 1.82) is 0 Å². The van der Waals surface area contributed by atoms with Crippen LogP contribution in [0.25, 0.3) is 0 Å². The van der Waals surface area contributed by atoms with Gasteiger partial charge in [-0.3, -0.25) is 18.7 Å². The molecular weight excluding hydrogens is 527 g/mol. The third-order valence-corrected chi connectivity index (χ3v) is 9.46. The second-order valence-electron chi connectivity index (χ2n) is 8.41. The van der Waals surface area contributed by atoms with E-state index in [2.05, 4.69) is 0 Å². The summed E-state index contributed by atoms with van der Waals surface area (Å²) in [6.45, 7) is 4.94. The van der Waals surface area contributed by atoms with Crippen molar-refractivity contribution in [2.24, 2.45) is 5.92 Å². The first-order valence-electron chi connectivity index (χ1n) is 12.4. The molecule has 0 aliphatic heterocycles. The lowest BCUT2D eigenvalue weighted by molar-refractivity contribution is 0.0870. The maximum absolute atomic E-state index is 13.2. The zero-order chi connectivity index (χ0) is 27.4. The van der Waals surface area contributed by atoms with Crippen molar-refractivity contribution in [3.05, 3.63) is 105 Å². The van der Waals surface area contributed by atoms with E-state index in [9.17, 15) is 18.9 Å². The minimum Gasteiger partial charge on any atom is -0.376 e. The van der Waals surface area contributed by atoms with Crippen LogP contribution in [0.15, 0.2) is 82.5 Å². The van der Waals surface area contributed by atoms with Crippen LogP contribution in [0.2, 0.25) is 0 Å². The summed E-state index contributed by atoms with van der Waals surface area (Å²) >= 11 is 1.39. The molecule has 0 amide bonds. The number of ether oxygens (including phenoxy) is 1. The molecule has 0 radical (unpaired) electrons. The third-order valence-electron chi connectivity index (χ3n) is 5.45. The lowest BCUT2D eigenvalue weighted by Gasteiger charge is -2.21. The van der Waals surface area contributed by atoms with Crippen LogP contribution in [0.4, 0.5) is 0 Å². The summed E-state index contributed by atoms with van der Waals surface area (Å²) < 4.78 is 31.5. The number of carbonyl (C=O) groups excluding carboxylic acids is 1. The molecule has 3 rings (SSSR count). The maximum Gasteiger partial charge on any atom is 0.340 e. The molecule has 1 unspecified atom stereocenters. The van der Waals surface area contributed by atoms with Crippen LogP contribution >= 0.6 is 19.4 Å². The highest BCUT2D eigenvalue weighted by Gasteiger charge is 2.25. The summed E-state index contributed by atoms with van der Waals surface area (Å²) in [6.07, 6.45) is 1.39. The minimum absolute atomic E-state index is 0.157. The van der Waals surface area contributed by atoms with E-state index in [-0.39, 0.29) is 36.7 Å². The molecule has 0 saturated carbocycles. The molecule has 1 atom stereocenters. The van der Waals surface area contributed by atoms with Crippen molar-refractivity contribution in [3.8, 4) is 0 Å². The fraction of sp³-hybridized carbons (Fsp3) is 0.370. The quantitative estimate of drug-likeness (QED) is 0.251. The molecule has 1 aromatic heterocycles. The van der Waals surface area contributed by atoms with Crippen LogP contribution in [0.3, 0.4) is 0 Å². The van der Waals surface area contributed by atoms with Gasteiger partial charge in [-0.05, 0) is 31.5 Å². The number of nitrogens with zero attached hydrogens (tertiary/aromatic N) is 2. The van der Waals surface area contributed by atoms with Crippen molar-refractivity contribution >= 4 is 25.3 Å². The van der Waals surface area contributed by atoms with Crippen LogP contribution in [-0.4, -0.2) is 46.1 Å². The monoisotopic (exact) mass is 560 g/mol. The minimum atomic E-state index is -3.24. The van der Waals surface area contributed by atoms with Crippen LogP contribution in [-0.2, 0) is 31.5 Å². The van der Waals surface area contributed by atoms with E-state index in [1.807, 2.05) is 30.3 Å². The number of aromatic nitrogens is 2. The molecule has 204 valence electrons. The normalized spacial score (nSPS) is 12.4. The second kappa shape index (κ2) is 15.0. The summed E-state index contributed by atoms with van der Waals surface area (Å²) in [5.74, 6) is -0.400. The first-order valence-corrected chi connectivity index (χ1v) is 15.2. The fourth-order valence-electron chi connectivity index (χ4n) is 3.74. The van der Waals surface area contributed by atoms with Gasteiger partial charge in [0.25, 0.3) is 11.5 Å². The molecule has 0 aliphatic carbocycles. The van der Waals surface area contributed by atoms with Gasteiger partial charge in [0.2, 0.25) is 0 Å². The fourth-order valence-corrected chi connectivity index (χ4v) is 7.04. The molecule has 0 bridgehead atoms. The van der Waals surface area contributed by atoms with E-state index in [0.29, 0.717) is 23.5 Å². The van der Waals surface area contributed by atoms with Gasteiger partial charge in [0.15, 0.2) is 0 Å². The molecule has 9 nitrogen and oxygen atoms in total. The van der Waals surface area contributed by atoms with Crippen LogP contribution < -0.4 is 11.2 Å². The Bertz CT molecular complexity index is 1320. The lowest BCUT2D eigenvalue weighted by Crippen LogP contribution is -2.44. The predicted molar refractivity (Wildman–Crippen MR) is 149 cm³/mol. The second-order valence-corrected chi connectivity index (χ2v) is 11.9. The van der Waals surface area contributed by atoms with Crippen LogP contribution in [0.5, 0.6) is 0 Å². The number of benzene rings is 2. The Labute approximate surface area is 226 Å². The van der Waals surface area contributed by atoms with Crippen LogP contribution in [0, 0.1) is 5.92 Å². The van der Waals surface area contributed by atoms with Gasteiger partial charge in [-0.1, -0.05) is 48.5 Å². The SMILES string of the molecule is CCOP(=O)(CSCC(COCc1ccccc1)Cn1ccc(=O)n(C(=O)c2ccccc2)c1=O)OCC. The number of hydrogen-bond acceptors (Lipinski definition) is 8. The van der Waals surface area contributed by atoms with Gasteiger partial charge in [-0.2, -0.15) is 4.57 Å². The highest BCUT2D eigenvalue weighted by molar-refractivity contribution is 8.04. The van der Waals surface area contributed by atoms with E-state index in [1.54, 1.807) is 44.2 Å². The number of carbonyl (C=O) groups is 1. The Morgan fingerprint density at radius 1 is 0.947 bits per heavy atom. The van der Waals surface area contributed by atoms with E-state index in [0.717, 1.165) is 5.56 Å². The maximum atomic E-state index is 13.2. The molecule has 2 aromatic carbocycles. The standard InChI is InChI=1S/C27H33N2O7PS/c1-3-35-37(33,36-4-2)21-38-20-23(19-34-18-22-11-7-5-8-12-22)17-28-16-15-25(30)29(27(28)32)26(31)24-13-9-6-10-14-24/h5-16,23H,3-4,17-21H2,1-2H3. The first kappa shape index (κ1) is 29.8. The third kappa shape index (κ3) is 8.64. The Kier molecular flexibility index (Phi) is 11.8. The van der Waals surface area contributed by atoms with E-state index < -0.39 is 24.8 Å². The molecule has 38 heavy (non-hydrogen) atoms. The summed E-state index contributed by atoms with van der Waals surface area (Å²) in [4.78, 5) is 38.6. The molecule has 0 N–H and O–H groups in total. The van der Waals surface area contributed by atoms with Crippen molar-refractivity contribution < 1.29 is 23.1 Å². The Hall–Kier alpha value is -2.75. The number of hydrogen-bond donors (Lipinski definition) is 0. The molecule has 1 heterocycles. The Morgan fingerprint density at radius 3 is 2.21 bits per heavy atom. The molecular formula is C27H33N2O7PS. The van der Waals surface area contributed by atoms with Gasteiger partial charge in [-0.15, -0.1) is 11.8 Å². The van der Waals surface area contributed by atoms with E-state index in [1.165, 1.54) is 28.6 Å². The summed E-state index contributed by atoms with van der Waals surface area (Å²) in [5.41, 5.74) is -0.00912. The van der Waals surface area contributed by atoms with Gasteiger partial charge in [0.05, 0.1) is 31.9 Å². The van der Waals surface area contributed by atoms with Gasteiger partial charge < -0.3 is 13.8 Å². The molecule has 3 aromatic rings. The zero-order valence-corrected chi connectivity index (χ0v) is 23.3. The van der Waals surface area contributed by atoms with Crippen molar-refractivity contribution in [1.82, 2.24) is 9.13 Å². The molecule has 0 aliphatic rings. The molecule has 0 saturated heterocycles. The van der Waals surface area contributed by atoms with Gasteiger partial charge in [0, 0.05) is 36.0 Å². The molecule has 0 fully saturated rings. The number of rotatable bonds is 15. The van der Waals surface area contributed by atoms with Gasteiger partial charge in [0.1, 0.15) is 0 Å². The largest absolute Gasteiger partial charge is 0.376 e. The highest BCUT2D eigenvalue weighted by Crippen LogP contribution is 2.50. The Balaban J connectivity index is 1.78. The van der Waals surface area contributed by atoms with Crippen molar-refractivity contribution in [2.75, 3.05) is 31.1 Å². The highest BCUT2D eigenvalue weighted by atomic mass is 32.2. The van der Waals surface area contributed by atoms with Crippen molar-refractivity contribution in [3.63, 3.8) is 0 Å². The predicted octanol–water partition coefficient (Wildman–Crippen LogP) is 4.49. The molecule has 11 heteroatoms. The summed E-state index contributed by atoms with van der Waals surface area (Å²) in [7, 11) is -3.24. The average molecular weight is 561 g/mol. The van der Waals surface area contributed by atoms with Crippen molar-refractivity contribution in [2.45, 2.75) is 27.0 Å². The number of thioether (sulfide) groups is 1. The smallest absolute Gasteiger partial charge is 0.340 e. The molecule has 0 spiro atoms.